The fourth-order valence-electron chi connectivity index (χ4n) is 3.89. The molecule has 2 aliphatic rings. The van der Waals surface area contributed by atoms with Gasteiger partial charge in [0.1, 0.15) is 0 Å². The Bertz CT molecular complexity index is 689. The summed E-state index contributed by atoms with van der Waals surface area (Å²) in [5.74, 6) is 0.954. The van der Waals surface area contributed by atoms with E-state index in [-0.39, 0.29) is 5.60 Å². The van der Waals surface area contributed by atoms with Gasteiger partial charge in [0.2, 0.25) is 0 Å². The van der Waals surface area contributed by atoms with Gasteiger partial charge in [-0.05, 0) is 50.6 Å². The molecule has 2 aromatic rings. The van der Waals surface area contributed by atoms with E-state index in [1.54, 1.807) is 0 Å². The van der Waals surface area contributed by atoms with Crippen LogP contribution in [0.2, 0.25) is 0 Å². The van der Waals surface area contributed by atoms with Gasteiger partial charge in [0.05, 0.1) is 23.6 Å². The van der Waals surface area contributed by atoms with Crippen LogP contribution in [0, 0.1) is 6.92 Å². The van der Waals surface area contributed by atoms with E-state index in [1.165, 1.54) is 0 Å². The van der Waals surface area contributed by atoms with E-state index < -0.39 is 0 Å². The van der Waals surface area contributed by atoms with Gasteiger partial charge in [-0.15, -0.1) is 5.10 Å². The number of hydrogen-bond acceptors (Lipinski definition) is 6. The van der Waals surface area contributed by atoms with E-state index in [9.17, 15) is 0 Å². The first kappa shape index (κ1) is 16.4. The summed E-state index contributed by atoms with van der Waals surface area (Å²) in [6, 6.07) is 10.2. The summed E-state index contributed by atoms with van der Waals surface area (Å²) in [5, 5.41) is 8.57. The molecule has 0 N–H and O–H groups in total. The van der Waals surface area contributed by atoms with Crippen LogP contribution in [0.1, 0.15) is 24.2 Å². The van der Waals surface area contributed by atoms with Crippen molar-refractivity contribution in [1.82, 2.24) is 20.1 Å². The highest BCUT2D eigenvalue weighted by Crippen LogP contribution is 2.31. The Hall–Kier alpha value is -2.05. The zero-order chi connectivity index (χ0) is 17.1. The van der Waals surface area contributed by atoms with Crippen molar-refractivity contribution in [1.29, 1.82) is 0 Å². The number of likely N-dealkylation sites (tertiary alicyclic amines) is 1. The first-order valence-electron chi connectivity index (χ1n) is 9.04. The van der Waals surface area contributed by atoms with Gasteiger partial charge < -0.3 is 9.64 Å². The van der Waals surface area contributed by atoms with E-state index in [2.05, 4.69) is 43.2 Å². The highest BCUT2D eigenvalue weighted by atomic mass is 16.5. The summed E-state index contributed by atoms with van der Waals surface area (Å²) >= 11 is 0. The van der Waals surface area contributed by atoms with Gasteiger partial charge >= 0.3 is 0 Å². The average molecular weight is 339 g/mol. The van der Waals surface area contributed by atoms with Crippen LogP contribution >= 0.6 is 0 Å². The summed E-state index contributed by atoms with van der Waals surface area (Å²) in [7, 11) is 0. The van der Waals surface area contributed by atoms with Crippen LogP contribution in [0.3, 0.4) is 0 Å². The van der Waals surface area contributed by atoms with Gasteiger partial charge in [0.15, 0.2) is 5.82 Å². The van der Waals surface area contributed by atoms with Crippen LogP contribution in [0.4, 0.5) is 5.82 Å². The molecular formula is C19H25N5O. The Morgan fingerprint density at radius 1 is 1.12 bits per heavy atom. The number of morpholine rings is 1. The molecule has 25 heavy (non-hydrogen) atoms. The number of piperidine rings is 1. The molecule has 6 heteroatoms. The maximum absolute atomic E-state index is 6.30. The minimum Gasteiger partial charge on any atom is -0.370 e. The van der Waals surface area contributed by atoms with Crippen LogP contribution in [-0.2, 0) is 11.3 Å². The first-order chi connectivity index (χ1) is 12.2. The van der Waals surface area contributed by atoms with Crippen LogP contribution in [-0.4, -0.2) is 58.5 Å². The molecule has 0 unspecified atom stereocenters. The van der Waals surface area contributed by atoms with E-state index in [0.717, 1.165) is 69.4 Å². The van der Waals surface area contributed by atoms with E-state index >= 15 is 0 Å². The summed E-state index contributed by atoms with van der Waals surface area (Å²) in [4.78, 5) is 9.25. The van der Waals surface area contributed by atoms with E-state index in [4.69, 9.17) is 4.74 Å². The van der Waals surface area contributed by atoms with Gasteiger partial charge in [-0.25, -0.2) is 0 Å². The lowest BCUT2D eigenvalue weighted by Gasteiger charge is -2.48. The molecule has 2 aliphatic heterocycles. The number of anilines is 1. The van der Waals surface area contributed by atoms with Crippen molar-refractivity contribution in [3.63, 3.8) is 0 Å². The molecule has 2 saturated heterocycles. The van der Waals surface area contributed by atoms with Gasteiger partial charge in [0, 0.05) is 32.4 Å². The summed E-state index contributed by atoms with van der Waals surface area (Å²) < 4.78 is 6.30. The molecular weight excluding hydrogens is 314 g/mol. The lowest BCUT2D eigenvalue weighted by molar-refractivity contribution is -0.0988. The Labute approximate surface area is 148 Å². The van der Waals surface area contributed by atoms with Gasteiger partial charge in [-0.2, -0.15) is 5.10 Å². The molecule has 4 rings (SSSR count). The molecule has 0 saturated carbocycles. The number of nitrogens with zero attached hydrogens (tertiary/aromatic N) is 5. The van der Waals surface area contributed by atoms with Crippen molar-refractivity contribution < 1.29 is 4.74 Å². The van der Waals surface area contributed by atoms with Crippen LogP contribution in [0.15, 0.2) is 36.5 Å². The predicted octanol–water partition coefficient (Wildman–Crippen LogP) is 2.05. The van der Waals surface area contributed by atoms with Crippen LogP contribution in [0.25, 0.3) is 0 Å². The third kappa shape index (κ3) is 3.80. The summed E-state index contributed by atoms with van der Waals surface area (Å²) in [6.45, 7) is 7.39. The maximum atomic E-state index is 6.30. The van der Waals surface area contributed by atoms with Crippen molar-refractivity contribution in [2.24, 2.45) is 0 Å². The third-order valence-electron chi connectivity index (χ3n) is 5.09. The fourth-order valence-corrected chi connectivity index (χ4v) is 3.89. The van der Waals surface area contributed by atoms with Crippen molar-refractivity contribution in [2.45, 2.75) is 31.9 Å². The second-order valence-electron chi connectivity index (χ2n) is 7.12. The first-order valence-corrected chi connectivity index (χ1v) is 9.04. The standard InChI is InChI=1S/C19H25N5O/c1-16-6-7-18(22-21-16)24-11-12-25-19(15-24)8-4-10-23(14-19)13-17-5-2-3-9-20-17/h2-3,5-7,9H,4,8,10-15H2,1H3/t19-/m0/s1. The molecule has 132 valence electrons. The molecule has 1 atom stereocenters. The summed E-state index contributed by atoms with van der Waals surface area (Å²) in [5.41, 5.74) is 1.96. The van der Waals surface area contributed by atoms with Gasteiger partial charge in [-0.1, -0.05) is 6.07 Å². The molecule has 2 fully saturated rings. The van der Waals surface area contributed by atoms with Crippen LogP contribution in [0.5, 0.6) is 0 Å². The fraction of sp³-hybridized carbons (Fsp3) is 0.526. The largest absolute Gasteiger partial charge is 0.370 e. The Balaban J connectivity index is 1.45. The average Bonchev–Trinajstić information content (AvgIpc) is 2.63. The number of aromatic nitrogens is 3. The summed E-state index contributed by atoms with van der Waals surface area (Å²) in [6.07, 6.45) is 4.12. The molecule has 0 aromatic carbocycles. The van der Waals surface area contributed by atoms with E-state index in [0.29, 0.717) is 0 Å². The molecule has 1 spiro atoms. The van der Waals surface area contributed by atoms with Crippen molar-refractivity contribution in [2.75, 3.05) is 37.7 Å². The molecule has 4 heterocycles. The maximum Gasteiger partial charge on any atom is 0.151 e. The van der Waals surface area contributed by atoms with Gasteiger partial charge in [-0.3, -0.25) is 9.88 Å². The minimum atomic E-state index is -0.113. The number of pyridine rings is 1. The highest BCUT2D eigenvalue weighted by Gasteiger charge is 2.41. The zero-order valence-corrected chi connectivity index (χ0v) is 14.8. The van der Waals surface area contributed by atoms with Crippen molar-refractivity contribution >= 4 is 5.82 Å². The molecule has 6 nitrogen and oxygen atoms in total. The monoisotopic (exact) mass is 339 g/mol. The third-order valence-corrected chi connectivity index (χ3v) is 5.09. The topological polar surface area (TPSA) is 54.4 Å². The van der Waals surface area contributed by atoms with E-state index in [1.807, 2.05) is 25.3 Å². The number of hydrogen-bond donors (Lipinski definition) is 0. The van der Waals surface area contributed by atoms with Crippen molar-refractivity contribution in [3.8, 4) is 0 Å². The second kappa shape index (κ2) is 7.06. The smallest absolute Gasteiger partial charge is 0.151 e. The number of rotatable bonds is 3. The Morgan fingerprint density at radius 2 is 2.08 bits per heavy atom. The minimum absolute atomic E-state index is 0.113. The molecule has 0 bridgehead atoms. The molecule has 0 aliphatic carbocycles. The predicted molar refractivity (Wildman–Crippen MR) is 96.4 cm³/mol. The highest BCUT2D eigenvalue weighted by molar-refractivity contribution is 5.38. The number of ether oxygens (including phenoxy) is 1. The molecule has 0 amide bonds. The molecule has 2 aromatic heterocycles. The Kier molecular flexibility index (Phi) is 4.63. The number of aryl methyl sites for hydroxylation is 1. The quantitative estimate of drug-likeness (QED) is 0.853. The zero-order valence-electron chi connectivity index (χ0n) is 14.8. The SMILES string of the molecule is Cc1ccc(N2CCO[C@]3(CCCN(Cc4ccccn4)C3)C2)nn1. The van der Waals surface area contributed by atoms with Gasteiger partial charge in [0.25, 0.3) is 0 Å². The van der Waals surface area contributed by atoms with Crippen molar-refractivity contribution in [3.05, 3.63) is 47.9 Å². The lowest BCUT2D eigenvalue weighted by atomic mass is 9.90. The molecule has 0 radical (unpaired) electrons. The normalized spacial score (nSPS) is 24.6. The van der Waals surface area contributed by atoms with Crippen LogP contribution < -0.4 is 4.90 Å². The second-order valence-corrected chi connectivity index (χ2v) is 7.12. The lowest BCUT2D eigenvalue weighted by Crippen LogP contribution is -2.59. The Morgan fingerprint density at radius 3 is 2.88 bits per heavy atom.